The Morgan fingerprint density at radius 2 is 1.62 bits per heavy atom. The van der Waals surface area contributed by atoms with E-state index in [-0.39, 0.29) is 10.8 Å². The summed E-state index contributed by atoms with van der Waals surface area (Å²) in [7, 11) is 1.03. The smallest absolute Gasteiger partial charge is 0.251 e. The minimum Gasteiger partial charge on any atom is -0.497 e. The van der Waals surface area contributed by atoms with Crippen LogP contribution in [0.2, 0.25) is 0 Å². The number of hydrogen-bond acceptors (Lipinski definition) is 4. The molecule has 0 aliphatic rings. The quantitative estimate of drug-likeness (QED) is 0.865. The Morgan fingerprint density at radius 3 is 2.12 bits per heavy atom. The SMILES string of the molecule is COc1ccc(CNC(=O)c2ccc(S(=O)(=O)N(C)C)cc2)cc1. The first kappa shape index (κ1) is 18.0. The Balaban J connectivity index is 2.02. The van der Waals surface area contributed by atoms with Crippen molar-refractivity contribution in [2.75, 3.05) is 21.2 Å². The summed E-state index contributed by atoms with van der Waals surface area (Å²) in [5, 5.41) is 2.79. The van der Waals surface area contributed by atoms with Crippen LogP contribution in [0.3, 0.4) is 0 Å². The highest BCUT2D eigenvalue weighted by Gasteiger charge is 2.17. The zero-order valence-corrected chi connectivity index (χ0v) is 14.6. The minimum atomic E-state index is -3.49. The lowest BCUT2D eigenvalue weighted by atomic mass is 10.2. The molecule has 0 aliphatic heterocycles. The summed E-state index contributed by atoms with van der Waals surface area (Å²) in [5.41, 5.74) is 1.34. The lowest BCUT2D eigenvalue weighted by molar-refractivity contribution is 0.0951. The average molecular weight is 348 g/mol. The molecule has 0 heterocycles. The summed E-state index contributed by atoms with van der Waals surface area (Å²) in [5.74, 6) is 0.488. The molecule has 0 aliphatic carbocycles. The largest absolute Gasteiger partial charge is 0.497 e. The van der Waals surface area contributed by atoms with E-state index >= 15 is 0 Å². The van der Waals surface area contributed by atoms with Crippen LogP contribution in [0.15, 0.2) is 53.4 Å². The fourth-order valence-electron chi connectivity index (χ4n) is 2.02. The second-order valence-electron chi connectivity index (χ2n) is 5.34. The Morgan fingerprint density at radius 1 is 1.04 bits per heavy atom. The van der Waals surface area contributed by atoms with Gasteiger partial charge >= 0.3 is 0 Å². The summed E-state index contributed by atoms with van der Waals surface area (Å²) in [6.07, 6.45) is 0. The van der Waals surface area contributed by atoms with Crippen molar-refractivity contribution >= 4 is 15.9 Å². The van der Waals surface area contributed by atoms with Crippen LogP contribution in [0.4, 0.5) is 0 Å². The molecule has 0 aromatic heterocycles. The van der Waals surface area contributed by atoms with Crippen LogP contribution in [0, 0.1) is 0 Å². The molecular weight excluding hydrogens is 328 g/mol. The maximum atomic E-state index is 12.1. The molecule has 24 heavy (non-hydrogen) atoms. The maximum absolute atomic E-state index is 12.1. The summed E-state index contributed by atoms with van der Waals surface area (Å²) < 4.78 is 30.2. The van der Waals surface area contributed by atoms with E-state index in [1.807, 2.05) is 24.3 Å². The van der Waals surface area contributed by atoms with Crippen molar-refractivity contribution < 1.29 is 17.9 Å². The highest BCUT2D eigenvalue weighted by molar-refractivity contribution is 7.89. The Hall–Kier alpha value is -2.38. The Bertz CT molecular complexity index is 797. The number of sulfonamides is 1. The molecule has 0 unspecified atom stereocenters. The van der Waals surface area contributed by atoms with E-state index in [0.717, 1.165) is 15.6 Å². The monoisotopic (exact) mass is 348 g/mol. The standard InChI is InChI=1S/C17H20N2O4S/c1-19(2)24(21,22)16-10-6-14(7-11-16)17(20)18-12-13-4-8-15(23-3)9-5-13/h4-11H,12H2,1-3H3,(H,18,20). The van der Waals surface area contributed by atoms with Gasteiger partial charge in [0.15, 0.2) is 0 Å². The molecule has 0 bridgehead atoms. The van der Waals surface area contributed by atoms with Crippen molar-refractivity contribution in [2.45, 2.75) is 11.4 Å². The molecule has 0 saturated heterocycles. The minimum absolute atomic E-state index is 0.152. The van der Waals surface area contributed by atoms with Gasteiger partial charge < -0.3 is 10.1 Å². The molecule has 6 nitrogen and oxygen atoms in total. The Labute approximate surface area is 142 Å². The first-order valence-electron chi connectivity index (χ1n) is 7.28. The summed E-state index contributed by atoms with van der Waals surface area (Å²) in [4.78, 5) is 12.3. The predicted octanol–water partition coefficient (Wildman–Crippen LogP) is 1.88. The number of nitrogens with zero attached hydrogens (tertiary/aromatic N) is 1. The van der Waals surface area contributed by atoms with E-state index in [1.54, 1.807) is 7.11 Å². The zero-order valence-electron chi connectivity index (χ0n) is 13.8. The molecule has 1 amide bonds. The predicted molar refractivity (Wildman–Crippen MR) is 91.5 cm³/mol. The van der Waals surface area contributed by atoms with Crippen molar-refractivity contribution in [1.82, 2.24) is 9.62 Å². The van der Waals surface area contributed by atoms with Gasteiger partial charge in [-0.25, -0.2) is 12.7 Å². The highest BCUT2D eigenvalue weighted by atomic mass is 32.2. The number of ether oxygens (including phenoxy) is 1. The fourth-order valence-corrected chi connectivity index (χ4v) is 2.92. The van der Waals surface area contributed by atoms with Gasteiger partial charge in [-0.1, -0.05) is 12.1 Å². The van der Waals surface area contributed by atoms with Gasteiger partial charge in [0.05, 0.1) is 12.0 Å². The molecule has 2 aromatic carbocycles. The van der Waals surface area contributed by atoms with Crippen LogP contribution in [-0.4, -0.2) is 39.8 Å². The van der Waals surface area contributed by atoms with E-state index in [4.69, 9.17) is 4.74 Å². The number of amides is 1. The van der Waals surface area contributed by atoms with Crippen molar-refractivity contribution in [3.8, 4) is 5.75 Å². The number of carbonyl (C=O) groups excluding carboxylic acids is 1. The number of rotatable bonds is 6. The third-order valence-electron chi connectivity index (χ3n) is 3.51. The van der Waals surface area contributed by atoms with Crippen molar-refractivity contribution in [3.63, 3.8) is 0 Å². The topological polar surface area (TPSA) is 75.7 Å². The van der Waals surface area contributed by atoms with Gasteiger partial charge in [-0.3, -0.25) is 4.79 Å². The van der Waals surface area contributed by atoms with Crippen LogP contribution in [-0.2, 0) is 16.6 Å². The highest BCUT2D eigenvalue weighted by Crippen LogP contribution is 2.14. The molecule has 0 spiro atoms. The van der Waals surface area contributed by atoms with Gasteiger partial charge in [-0.2, -0.15) is 0 Å². The van der Waals surface area contributed by atoms with Crippen molar-refractivity contribution in [1.29, 1.82) is 0 Å². The first-order chi connectivity index (χ1) is 11.3. The molecule has 2 aromatic rings. The maximum Gasteiger partial charge on any atom is 0.251 e. The van der Waals surface area contributed by atoms with Crippen LogP contribution < -0.4 is 10.1 Å². The van der Waals surface area contributed by atoms with Crippen LogP contribution >= 0.6 is 0 Å². The summed E-state index contributed by atoms with van der Waals surface area (Å²) in [6, 6.07) is 13.2. The lowest BCUT2D eigenvalue weighted by Gasteiger charge is -2.11. The Kier molecular flexibility index (Phi) is 5.58. The van der Waals surface area contributed by atoms with Crippen LogP contribution in [0.5, 0.6) is 5.75 Å². The number of hydrogen-bond donors (Lipinski definition) is 1. The van der Waals surface area contributed by atoms with Crippen LogP contribution in [0.1, 0.15) is 15.9 Å². The number of carbonyl (C=O) groups is 1. The van der Waals surface area contributed by atoms with E-state index in [0.29, 0.717) is 12.1 Å². The summed E-state index contributed by atoms with van der Waals surface area (Å²) in [6.45, 7) is 0.376. The number of benzene rings is 2. The van der Waals surface area contributed by atoms with Crippen molar-refractivity contribution in [3.05, 3.63) is 59.7 Å². The molecule has 1 N–H and O–H groups in total. The zero-order chi connectivity index (χ0) is 17.7. The third-order valence-corrected chi connectivity index (χ3v) is 5.34. The van der Waals surface area contributed by atoms with Gasteiger partial charge in [-0.05, 0) is 42.0 Å². The first-order valence-corrected chi connectivity index (χ1v) is 8.72. The molecule has 0 radical (unpaired) electrons. The number of methoxy groups -OCH3 is 1. The molecule has 2 rings (SSSR count). The second-order valence-corrected chi connectivity index (χ2v) is 7.49. The average Bonchev–Trinajstić information content (AvgIpc) is 2.60. The van der Waals surface area contributed by atoms with Crippen molar-refractivity contribution in [2.24, 2.45) is 0 Å². The second kappa shape index (κ2) is 7.46. The lowest BCUT2D eigenvalue weighted by Crippen LogP contribution is -2.24. The van der Waals surface area contributed by atoms with Gasteiger partial charge in [0.25, 0.3) is 5.91 Å². The normalized spacial score (nSPS) is 11.3. The third kappa shape index (κ3) is 4.12. The van der Waals surface area contributed by atoms with Gasteiger partial charge in [-0.15, -0.1) is 0 Å². The fraction of sp³-hybridized carbons (Fsp3) is 0.235. The van der Waals surface area contributed by atoms with Gasteiger partial charge in [0, 0.05) is 26.2 Å². The number of nitrogens with one attached hydrogen (secondary N) is 1. The molecular formula is C17H20N2O4S. The van der Waals surface area contributed by atoms with E-state index in [1.165, 1.54) is 38.4 Å². The molecule has 7 heteroatoms. The van der Waals surface area contributed by atoms with Gasteiger partial charge in [0.1, 0.15) is 5.75 Å². The van der Waals surface area contributed by atoms with E-state index in [9.17, 15) is 13.2 Å². The van der Waals surface area contributed by atoms with E-state index < -0.39 is 10.0 Å². The van der Waals surface area contributed by atoms with Crippen LogP contribution in [0.25, 0.3) is 0 Å². The molecule has 0 atom stereocenters. The molecule has 128 valence electrons. The van der Waals surface area contributed by atoms with Gasteiger partial charge in [0.2, 0.25) is 10.0 Å². The van der Waals surface area contributed by atoms with E-state index in [2.05, 4.69) is 5.32 Å². The summed E-state index contributed by atoms with van der Waals surface area (Å²) >= 11 is 0. The molecule has 0 fully saturated rings. The molecule has 0 saturated carbocycles.